The maximum atomic E-state index is 13.5. The van der Waals surface area contributed by atoms with Gasteiger partial charge in [-0.05, 0) is 23.3 Å². The van der Waals surface area contributed by atoms with Crippen molar-refractivity contribution in [3.8, 4) is 11.5 Å². The Bertz CT molecular complexity index is 981. The summed E-state index contributed by atoms with van der Waals surface area (Å²) in [6.45, 7) is 8.83. The summed E-state index contributed by atoms with van der Waals surface area (Å²) >= 11 is 0. The third-order valence-electron chi connectivity index (χ3n) is 5.17. The molecule has 0 spiro atoms. The zero-order chi connectivity index (χ0) is 24.2. The molecule has 178 valence electrons. The Hall–Kier alpha value is -3.57. The number of hydrogen-bond acceptors (Lipinski definition) is 5. The standard InChI is InChI=1S/C29H33NO4/c1-4-19-32-26-17-11-12-18-27(26)33-21-25(20-30-22(2)3)34-29(31)28(23-13-7-5-8-14-23)24-15-9-6-10-16-24/h4-18,22,25,28,30H,1,19-21H2,2-3H3. The van der Waals surface area contributed by atoms with Crippen LogP contribution in [-0.4, -0.2) is 37.9 Å². The van der Waals surface area contributed by atoms with Crippen molar-refractivity contribution in [3.05, 3.63) is 109 Å². The van der Waals surface area contributed by atoms with Crippen LogP contribution in [0.4, 0.5) is 0 Å². The van der Waals surface area contributed by atoms with Crippen LogP contribution in [0.1, 0.15) is 30.9 Å². The number of hydrogen-bond donors (Lipinski definition) is 1. The molecule has 1 atom stereocenters. The van der Waals surface area contributed by atoms with Crippen LogP contribution in [-0.2, 0) is 9.53 Å². The Balaban J connectivity index is 1.77. The van der Waals surface area contributed by atoms with Gasteiger partial charge >= 0.3 is 5.97 Å². The van der Waals surface area contributed by atoms with E-state index in [1.165, 1.54) is 0 Å². The fourth-order valence-electron chi connectivity index (χ4n) is 3.51. The minimum atomic E-state index is -0.521. The molecule has 0 saturated carbocycles. The van der Waals surface area contributed by atoms with Crippen molar-refractivity contribution < 1.29 is 19.0 Å². The molecule has 0 aliphatic carbocycles. The van der Waals surface area contributed by atoms with Crippen molar-refractivity contribution >= 4 is 5.97 Å². The van der Waals surface area contributed by atoms with Crippen LogP contribution in [0.2, 0.25) is 0 Å². The van der Waals surface area contributed by atoms with Crippen LogP contribution < -0.4 is 14.8 Å². The van der Waals surface area contributed by atoms with E-state index in [0.29, 0.717) is 24.7 Å². The van der Waals surface area contributed by atoms with Gasteiger partial charge < -0.3 is 19.5 Å². The summed E-state index contributed by atoms with van der Waals surface area (Å²) < 4.78 is 17.8. The van der Waals surface area contributed by atoms with E-state index in [1.54, 1.807) is 6.08 Å². The van der Waals surface area contributed by atoms with E-state index in [1.807, 2.05) is 84.9 Å². The lowest BCUT2D eigenvalue weighted by Crippen LogP contribution is -2.39. The van der Waals surface area contributed by atoms with Gasteiger partial charge in [0.1, 0.15) is 25.2 Å². The number of benzene rings is 3. The fourth-order valence-corrected chi connectivity index (χ4v) is 3.51. The number of carbonyl (C=O) groups is 1. The van der Waals surface area contributed by atoms with Gasteiger partial charge in [-0.2, -0.15) is 0 Å². The number of carbonyl (C=O) groups excluding carboxylic acids is 1. The fraction of sp³-hybridized carbons (Fsp3) is 0.276. The number of para-hydroxylation sites is 2. The summed E-state index contributed by atoms with van der Waals surface area (Å²) in [7, 11) is 0. The predicted molar refractivity (Wildman–Crippen MR) is 135 cm³/mol. The molecule has 5 nitrogen and oxygen atoms in total. The Labute approximate surface area is 202 Å². The van der Waals surface area contributed by atoms with Gasteiger partial charge in [-0.1, -0.05) is 99.3 Å². The predicted octanol–water partition coefficient (Wildman–Crippen LogP) is 5.37. The number of esters is 1. The quantitative estimate of drug-likeness (QED) is 0.275. The zero-order valence-electron chi connectivity index (χ0n) is 19.9. The largest absolute Gasteiger partial charge is 0.486 e. The molecule has 0 fully saturated rings. The molecule has 0 radical (unpaired) electrons. The lowest BCUT2D eigenvalue weighted by molar-refractivity contribution is -0.151. The van der Waals surface area contributed by atoms with Crippen LogP contribution in [0.25, 0.3) is 0 Å². The van der Waals surface area contributed by atoms with Crippen LogP contribution in [0.3, 0.4) is 0 Å². The lowest BCUT2D eigenvalue weighted by Gasteiger charge is -2.24. The van der Waals surface area contributed by atoms with Gasteiger partial charge in [0.05, 0.1) is 0 Å². The summed E-state index contributed by atoms with van der Waals surface area (Å²) in [6, 6.07) is 27.1. The average molecular weight is 460 g/mol. The molecule has 3 rings (SSSR count). The highest BCUT2D eigenvalue weighted by atomic mass is 16.6. The molecular weight excluding hydrogens is 426 g/mol. The first-order chi connectivity index (χ1) is 16.6. The highest BCUT2D eigenvalue weighted by Gasteiger charge is 2.27. The minimum absolute atomic E-state index is 0.191. The van der Waals surface area contributed by atoms with Gasteiger partial charge in [0.15, 0.2) is 11.5 Å². The molecule has 5 heteroatoms. The molecule has 0 amide bonds. The molecular formula is C29H33NO4. The maximum absolute atomic E-state index is 13.5. The minimum Gasteiger partial charge on any atom is -0.486 e. The average Bonchev–Trinajstić information content (AvgIpc) is 2.86. The zero-order valence-corrected chi connectivity index (χ0v) is 19.9. The number of nitrogens with one attached hydrogen (secondary N) is 1. The van der Waals surface area contributed by atoms with Gasteiger partial charge in [-0.3, -0.25) is 4.79 Å². The molecule has 3 aromatic carbocycles. The summed E-state index contributed by atoms with van der Waals surface area (Å²) in [6.07, 6.45) is 1.19. The normalized spacial score (nSPS) is 11.8. The topological polar surface area (TPSA) is 56.8 Å². The summed E-state index contributed by atoms with van der Waals surface area (Å²) in [4.78, 5) is 13.5. The van der Waals surface area contributed by atoms with Crippen molar-refractivity contribution in [1.29, 1.82) is 0 Å². The Morgan fingerprint density at radius 2 is 1.38 bits per heavy atom. The second kappa shape index (κ2) is 13.2. The maximum Gasteiger partial charge on any atom is 0.318 e. The van der Waals surface area contributed by atoms with Gasteiger partial charge in [0.2, 0.25) is 0 Å². The van der Waals surface area contributed by atoms with E-state index >= 15 is 0 Å². The van der Waals surface area contributed by atoms with Gasteiger partial charge in [-0.15, -0.1) is 0 Å². The molecule has 1 N–H and O–H groups in total. The molecule has 3 aromatic rings. The third-order valence-corrected chi connectivity index (χ3v) is 5.17. The lowest BCUT2D eigenvalue weighted by atomic mass is 9.91. The van der Waals surface area contributed by atoms with Crippen molar-refractivity contribution in [3.63, 3.8) is 0 Å². The monoisotopic (exact) mass is 459 g/mol. The summed E-state index contributed by atoms with van der Waals surface area (Å²) in [5.41, 5.74) is 1.77. The third kappa shape index (κ3) is 7.49. The molecule has 0 saturated heterocycles. The van der Waals surface area contributed by atoms with Gasteiger partial charge in [0.25, 0.3) is 0 Å². The second-order valence-electron chi connectivity index (χ2n) is 8.23. The van der Waals surface area contributed by atoms with E-state index in [4.69, 9.17) is 14.2 Å². The molecule has 0 bridgehead atoms. The van der Waals surface area contributed by atoms with Crippen molar-refractivity contribution in [2.45, 2.75) is 31.9 Å². The Morgan fingerprint density at radius 3 is 1.91 bits per heavy atom. The van der Waals surface area contributed by atoms with Crippen molar-refractivity contribution in [2.24, 2.45) is 0 Å². The number of rotatable bonds is 13. The van der Waals surface area contributed by atoms with E-state index in [9.17, 15) is 4.79 Å². The van der Waals surface area contributed by atoms with Crippen molar-refractivity contribution in [2.75, 3.05) is 19.8 Å². The Morgan fingerprint density at radius 1 is 0.853 bits per heavy atom. The molecule has 0 heterocycles. The van der Waals surface area contributed by atoms with Crippen molar-refractivity contribution in [1.82, 2.24) is 5.32 Å². The van der Waals surface area contributed by atoms with E-state index in [2.05, 4.69) is 25.7 Å². The smallest absolute Gasteiger partial charge is 0.318 e. The first kappa shape index (κ1) is 25.1. The van der Waals surface area contributed by atoms with Crippen LogP contribution in [0.5, 0.6) is 11.5 Å². The highest BCUT2D eigenvalue weighted by Crippen LogP contribution is 2.28. The molecule has 0 aromatic heterocycles. The van der Waals surface area contributed by atoms with Crippen LogP contribution >= 0.6 is 0 Å². The van der Waals surface area contributed by atoms with Crippen LogP contribution in [0.15, 0.2) is 97.6 Å². The first-order valence-corrected chi connectivity index (χ1v) is 11.6. The molecule has 34 heavy (non-hydrogen) atoms. The van der Waals surface area contributed by atoms with Gasteiger partial charge in [-0.25, -0.2) is 0 Å². The Kier molecular flexibility index (Phi) is 9.74. The van der Waals surface area contributed by atoms with Gasteiger partial charge in [0, 0.05) is 12.6 Å². The van der Waals surface area contributed by atoms with E-state index in [-0.39, 0.29) is 18.6 Å². The SMILES string of the molecule is C=CCOc1ccccc1OCC(CNC(C)C)OC(=O)C(c1ccccc1)c1ccccc1. The van der Waals surface area contributed by atoms with E-state index < -0.39 is 12.0 Å². The first-order valence-electron chi connectivity index (χ1n) is 11.6. The molecule has 0 aliphatic rings. The second-order valence-corrected chi connectivity index (χ2v) is 8.23. The molecule has 1 unspecified atom stereocenters. The van der Waals surface area contributed by atoms with E-state index in [0.717, 1.165) is 11.1 Å². The molecule has 0 aliphatic heterocycles. The summed E-state index contributed by atoms with van der Waals surface area (Å²) in [5.74, 6) is 0.383. The number of ether oxygens (including phenoxy) is 3. The van der Waals surface area contributed by atoms with Crippen LogP contribution in [0, 0.1) is 0 Å². The highest BCUT2D eigenvalue weighted by molar-refractivity contribution is 5.82. The summed E-state index contributed by atoms with van der Waals surface area (Å²) in [5, 5.41) is 3.35.